The first kappa shape index (κ1) is 14.2. The topological polar surface area (TPSA) is 96.4 Å². The Labute approximate surface area is 100 Å². The first-order valence-corrected chi connectivity index (χ1v) is 4.92. The second-order valence-electron chi connectivity index (χ2n) is 3.81. The zero-order chi connectivity index (χ0) is 14.1. The largest absolute Gasteiger partial charge is 0.491 e. The van der Waals surface area contributed by atoms with Crippen LogP contribution in [0.15, 0.2) is 0 Å². The fourth-order valence-electron chi connectivity index (χ4n) is 1.39. The summed E-state index contributed by atoms with van der Waals surface area (Å²) in [5, 5.41) is 8.62. The van der Waals surface area contributed by atoms with E-state index >= 15 is 0 Å². The minimum Gasteiger partial charge on any atom is -0.433 e. The molecule has 0 radical (unpaired) electrons. The van der Waals surface area contributed by atoms with Crippen LogP contribution in [0.2, 0.25) is 0 Å². The number of likely N-dealkylation sites (tertiary alicyclic amines) is 1. The lowest BCUT2D eigenvalue weighted by molar-refractivity contribution is -0.227. The summed E-state index contributed by atoms with van der Waals surface area (Å²) in [6, 6.07) is 0.705. The van der Waals surface area contributed by atoms with E-state index in [1.165, 1.54) is 6.92 Å². The number of hydrogen-bond donors (Lipinski definition) is 1. The molecule has 0 aliphatic carbocycles. The average Bonchev–Trinajstić information content (AvgIpc) is 2.22. The molecule has 1 aliphatic rings. The monoisotopic (exact) mass is 265 g/mol. The maximum absolute atomic E-state index is 12.0. The van der Waals surface area contributed by atoms with Gasteiger partial charge in [-0.3, -0.25) is 4.79 Å². The Morgan fingerprint density at radius 1 is 1.56 bits per heavy atom. The molecule has 100 valence electrons. The van der Waals surface area contributed by atoms with Crippen LogP contribution in [-0.2, 0) is 14.3 Å². The van der Waals surface area contributed by atoms with Crippen molar-refractivity contribution in [2.75, 3.05) is 6.54 Å². The number of nitriles is 1. The lowest BCUT2D eigenvalue weighted by Crippen LogP contribution is -2.63. The van der Waals surface area contributed by atoms with Crippen LogP contribution in [0.4, 0.5) is 13.2 Å². The maximum Gasteiger partial charge on any atom is 0.491 e. The third-order valence-electron chi connectivity index (χ3n) is 2.34. The van der Waals surface area contributed by atoms with E-state index in [1.807, 2.05) is 0 Å². The number of alkyl halides is 3. The molecule has 0 aromatic heterocycles. The third kappa shape index (κ3) is 2.70. The molecule has 0 bridgehead atoms. The summed E-state index contributed by atoms with van der Waals surface area (Å²) in [5.41, 5.74) is 5.28. The van der Waals surface area contributed by atoms with Crippen LogP contribution in [0.5, 0.6) is 0 Å². The van der Waals surface area contributed by atoms with Gasteiger partial charge >= 0.3 is 12.1 Å². The summed E-state index contributed by atoms with van der Waals surface area (Å²) in [5.74, 6) is -4.09. The summed E-state index contributed by atoms with van der Waals surface area (Å²) >= 11 is 0. The number of nitrogens with two attached hydrogens (primary N) is 1. The quantitative estimate of drug-likeness (QED) is 0.694. The summed E-state index contributed by atoms with van der Waals surface area (Å²) in [6.07, 6.45) is -6.69. The molecule has 0 saturated carbocycles. The molecule has 2 unspecified atom stereocenters. The van der Waals surface area contributed by atoms with Gasteiger partial charge in [0.2, 0.25) is 5.91 Å². The molecule has 1 aliphatic heterocycles. The first-order chi connectivity index (χ1) is 8.18. The lowest BCUT2D eigenvalue weighted by Gasteiger charge is -2.44. The highest BCUT2D eigenvalue weighted by atomic mass is 19.4. The van der Waals surface area contributed by atoms with E-state index in [0.29, 0.717) is 0 Å². The summed E-state index contributed by atoms with van der Waals surface area (Å²) in [6.45, 7) is 1.23. The summed E-state index contributed by atoms with van der Waals surface area (Å²) < 4.78 is 40.1. The number of rotatable bonds is 2. The van der Waals surface area contributed by atoms with Crippen LogP contribution in [-0.4, -0.2) is 41.8 Å². The van der Waals surface area contributed by atoms with Gasteiger partial charge in [-0.05, 0) is 6.92 Å². The standard InChI is InChI=1S/C9H10F3N3O3/c1-4(14)6(16)15-3-5(2-13)7(15)18-8(17)9(10,11)12/h4-5,7H,3,14H2,1H3/t4-,5?,7?/m1/s1. The minimum absolute atomic E-state index is 0.104. The number of esters is 1. The zero-order valence-electron chi connectivity index (χ0n) is 9.27. The van der Waals surface area contributed by atoms with Crippen LogP contribution in [0, 0.1) is 17.2 Å². The minimum atomic E-state index is -5.17. The summed E-state index contributed by atoms with van der Waals surface area (Å²) in [4.78, 5) is 22.9. The van der Waals surface area contributed by atoms with Crippen molar-refractivity contribution in [1.29, 1.82) is 5.26 Å². The van der Waals surface area contributed by atoms with Crippen LogP contribution >= 0.6 is 0 Å². The van der Waals surface area contributed by atoms with Crippen molar-refractivity contribution in [3.8, 4) is 6.07 Å². The predicted octanol–water partition coefficient (Wildman–Crippen LogP) is -0.253. The number of carbonyl (C=O) groups excluding carboxylic acids is 2. The van der Waals surface area contributed by atoms with E-state index in [4.69, 9.17) is 11.0 Å². The van der Waals surface area contributed by atoms with Crippen LogP contribution in [0.1, 0.15) is 6.92 Å². The van der Waals surface area contributed by atoms with Crippen molar-refractivity contribution in [3.05, 3.63) is 0 Å². The number of halogens is 3. The van der Waals surface area contributed by atoms with E-state index in [0.717, 1.165) is 4.90 Å². The van der Waals surface area contributed by atoms with Crippen molar-refractivity contribution >= 4 is 11.9 Å². The van der Waals surface area contributed by atoms with Crippen molar-refractivity contribution < 1.29 is 27.5 Å². The number of ether oxygens (including phenoxy) is 1. The number of amides is 1. The molecule has 6 nitrogen and oxygen atoms in total. The van der Waals surface area contributed by atoms with Crippen molar-refractivity contribution in [3.63, 3.8) is 0 Å². The number of hydrogen-bond acceptors (Lipinski definition) is 5. The molecule has 18 heavy (non-hydrogen) atoms. The number of nitrogens with zero attached hydrogens (tertiary/aromatic N) is 2. The van der Waals surface area contributed by atoms with E-state index in [1.54, 1.807) is 6.07 Å². The highest BCUT2D eigenvalue weighted by Crippen LogP contribution is 2.28. The third-order valence-corrected chi connectivity index (χ3v) is 2.34. The molecule has 0 aromatic carbocycles. The smallest absolute Gasteiger partial charge is 0.433 e. The van der Waals surface area contributed by atoms with E-state index in [2.05, 4.69) is 4.74 Å². The van der Waals surface area contributed by atoms with Gasteiger partial charge in [-0.15, -0.1) is 0 Å². The Balaban J connectivity index is 2.74. The molecule has 2 N–H and O–H groups in total. The van der Waals surface area contributed by atoms with Gasteiger partial charge in [0.25, 0.3) is 0 Å². The molecule has 1 saturated heterocycles. The molecule has 9 heteroatoms. The number of carbonyl (C=O) groups is 2. The normalized spacial score (nSPS) is 24.8. The molecule has 1 heterocycles. The predicted molar refractivity (Wildman–Crippen MR) is 50.4 cm³/mol. The van der Waals surface area contributed by atoms with E-state index in [-0.39, 0.29) is 6.54 Å². The van der Waals surface area contributed by atoms with Crippen molar-refractivity contribution in [2.45, 2.75) is 25.4 Å². The van der Waals surface area contributed by atoms with Crippen LogP contribution < -0.4 is 5.73 Å². The van der Waals surface area contributed by atoms with Gasteiger partial charge in [0.1, 0.15) is 5.92 Å². The molecule has 1 amide bonds. The Kier molecular flexibility index (Phi) is 3.81. The van der Waals surface area contributed by atoms with Gasteiger partial charge in [-0.1, -0.05) is 0 Å². The van der Waals surface area contributed by atoms with E-state index in [9.17, 15) is 22.8 Å². The Hall–Kier alpha value is -1.82. The zero-order valence-corrected chi connectivity index (χ0v) is 9.27. The molecule has 0 aromatic rings. The van der Waals surface area contributed by atoms with Crippen LogP contribution in [0.25, 0.3) is 0 Å². The second kappa shape index (κ2) is 4.81. The second-order valence-corrected chi connectivity index (χ2v) is 3.81. The lowest BCUT2D eigenvalue weighted by atomic mass is 9.98. The SMILES string of the molecule is C[C@@H](N)C(=O)N1CC(C#N)C1OC(=O)C(F)(F)F. The molecular formula is C9H10F3N3O3. The van der Waals surface area contributed by atoms with Gasteiger partial charge in [0.05, 0.1) is 12.1 Å². The van der Waals surface area contributed by atoms with Gasteiger partial charge in [-0.2, -0.15) is 18.4 Å². The molecular weight excluding hydrogens is 255 g/mol. The van der Waals surface area contributed by atoms with Crippen LogP contribution in [0.3, 0.4) is 0 Å². The van der Waals surface area contributed by atoms with E-state index < -0.39 is 36.2 Å². The molecule has 3 atom stereocenters. The first-order valence-electron chi connectivity index (χ1n) is 4.92. The molecule has 1 rings (SSSR count). The highest BCUT2D eigenvalue weighted by Gasteiger charge is 2.50. The van der Waals surface area contributed by atoms with Gasteiger partial charge in [0, 0.05) is 6.54 Å². The van der Waals surface area contributed by atoms with Gasteiger partial charge in [0.15, 0.2) is 6.23 Å². The maximum atomic E-state index is 12.0. The van der Waals surface area contributed by atoms with Gasteiger partial charge in [-0.25, -0.2) is 4.79 Å². The fourth-order valence-corrected chi connectivity index (χ4v) is 1.39. The molecule has 1 fully saturated rings. The molecule has 0 spiro atoms. The Morgan fingerprint density at radius 3 is 2.50 bits per heavy atom. The highest BCUT2D eigenvalue weighted by molar-refractivity contribution is 5.83. The van der Waals surface area contributed by atoms with Crippen molar-refractivity contribution in [1.82, 2.24) is 4.90 Å². The van der Waals surface area contributed by atoms with Gasteiger partial charge < -0.3 is 15.4 Å². The summed E-state index contributed by atoms with van der Waals surface area (Å²) in [7, 11) is 0. The average molecular weight is 265 g/mol. The fraction of sp³-hybridized carbons (Fsp3) is 0.667. The van der Waals surface area contributed by atoms with Crippen molar-refractivity contribution in [2.24, 2.45) is 11.7 Å². The Morgan fingerprint density at radius 2 is 2.11 bits per heavy atom. The Bertz CT molecular complexity index is 402.